The summed E-state index contributed by atoms with van der Waals surface area (Å²) in [7, 11) is 0. The van der Waals surface area contributed by atoms with E-state index in [-0.39, 0.29) is 18.3 Å². The highest BCUT2D eigenvalue weighted by atomic mass is 79.9. The lowest BCUT2D eigenvalue weighted by molar-refractivity contribution is -0.385. The van der Waals surface area contributed by atoms with E-state index in [4.69, 9.17) is 5.11 Å². The maximum atomic E-state index is 10.9. The highest BCUT2D eigenvalue weighted by Crippen LogP contribution is 2.32. The maximum Gasteiger partial charge on any atom is 0.317 e. The van der Waals surface area contributed by atoms with Gasteiger partial charge in [-0.2, -0.15) is 0 Å². The summed E-state index contributed by atoms with van der Waals surface area (Å²) < 4.78 is 0.427. The summed E-state index contributed by atoms with van der Waals surface area (Å²) in [5.74, 6) is -0.881. The van der Waals surface area contributed by atoms with Crippen LogP contribution >= 0.6 is 15.9 Å². The second kappa shape index (κ2) is 5.66. The molecule has 0 aromatic heterocycles. The molecule has 1 aromatic carbocycles. The molecule has 0 unspecified atom stereocenters. The van der Waals surface area contributed by atoms with E-state index in [1.807, 2.05) is 4.90 Å². The zero-order valence-corrected chi connectivity index (χ0v) is 11.7. The van der Waals surface area contributed by atoms with E-state index in [9.17, 15) is 14.9 Å². The molecule has 0 atom stereocenters. The Morgan fingerprint density at radius 1 is 1.53 bits per heavy atom. The number of carbonyl (C=O) groups is 1. The largest absolute Gasteiger partial charge is 0.480 e. The third kappa shape index (κ3) is 3.51. The van der Waals surface area contributed by atoms with E-state index in [2.05, 4.69) is 15.9 Å². The summed E-state index contributed by atoms with van der Waals surface area (Å²) in [5, 5.41) is 19.7. The number of rotatable bonds is 6. The monoisotopic (exact) mass is 328 g/mol. The van der Waals surface area contributed by atoms with Crippen LogP contribution in [0.1, 0.15) is 18.4 Å². The molecule has 1 aliphatic rings. The van der Waals surface area contributed by atoms with Gasteiger partial charge in [-0.1, -0.05) is 12.1 Å². The molecule has 0 amide bonds. The molecule has 1 saturated carbocycles. The number of nitrogens with zero attached hydrogens (tertiary/aromatic N) is 2. The van der Waals surface area contributed by atoms with Gasteiger partial charge in [-0.3, -0.25) is 19.8 Å². The van der Waals surface area contributed by atoms with Gasteiger partial charge in [0.15, 0.2) is 0 Å². The summed E-state index contributed by atoms with van der Waals surface area (Å²) in [6.07, 6.45) is 1.97. The highest BCUT2D eigenvalue weighted by molar-refractivity contribution is 9.10. The van der Waals surface area contributed by atoms with Gasteiger partial charge in [0.25, 0.3) is 5.69 Å². The van der Waals surface area contributed by atoms with Crippen LogP contribution in [0, 0.1) is 10.1 Å². The van der Waals surface area contributed by atoms with Crippen LogP contribution in [-0.2, 0) is 11.3 Å². The number of hydrogen-bond acceptors (Lipinski definition) is 4. The molecule has 19 heavy (non-hydrogen) atoms. The van der Waals surface area contributed by atoms with E-state index in [0.29, 0.717) is 11.0 Å². The fourth-order valence-corrected chi connectivity index (χ4v) is 2.51. The van der Waals surface area contributed by atoms with Crippen molar-refractivity contribution in [3.8, 4) is 0 Å². The fourth-order valence-electron chi connectivity index (χ4n) is 1.98. The van der Waals surface area contributed by atoms with Gasteiger partial charge in [0.1, 0.15) is 0 Å². The smallest absolute Gasteiger partial charge is 0.317 e. The predicted molar refractivity (Wildman–Crippen MR) is 71.9 cm³/mol. The molecule has 0 radical (unpaired) electrons. The predicted octanol–water partition coefficient (Wildman–Crippen LogP) is 2.41. The number of nitro groups is 1. The van der Waals surface area contributed by atoms with E-state index in [1.54, 1.807) is 12.1 Å². The Bertz CT molecular complexity index is 516. The first-order valence-electron chi connectivity index (χ1n) is 5.86. The molecule has 102 valence electrons. The lowest BCUT2D eigenvalue weighted by Gasteiger charge is -2.20. The van der Waals surface area contributed by atoms with Crippen LogP contribution in [0.5, 0.6) is 0 Å². The number of aliphatic carboxylic acids is 1. The zero-order chi connectivity index (χ0) is 14.0. The lowest BCUT2D eigenvalue weighted by Crippen LogP contribution is -2.31. The Labute approximate surface area is 118 Å². The first-order valence-corrected chi connectivity index (χ1v) is 6.66. The number of hydrogen-bond donors (Lipinski definition) is 1. The number of halogens is 1. The van der Waals surface area contributed by atoms with Gasteiger partial charge in [-0.05, 0) is 34.3 Å². The van der Waals surface area contributed by atoms with Crippen LogP contribution in [0.25, 0.3) is 0 Å². The zero-order valence-electron chi connectivity index (χ0n) is 10.1. The average Bonchev–Trinajstić information content (AvgIpc) is 3.13. The summed E-state index contributed by atoms with van der Waals surface area (Å²) in [6.45, 7) is 0.360. The number of benzene rings is 1. The average molecular weight is 329 g/mol. The Hall–Kier alpha value is -1.47. The molecule has 1 aromatic rings. The summed E-state index contributed by atoms with van der Waals surface area (Å²) >= 11 is 3.23. The van der Waals surface area contributed by atoms with E-state index < -0.39 is 10.9 Å². The van der Waals surface area contributed by atoms with Gasteiger partial charge < -0.3 is 5.11 Å². The standard InChI is InChI=1S/C12H13BrN2O4/c13-12-8(2-1-3-10(12)15(18)19)6-14(7-11(16)17)9-4-5-9/h1-3,9H,4-7H2,(H,16,17). The molecule has 1 N–H and O–H groups in total. The Morgan fingerprint density at radius 3 is 2.74 bits per heavy atom. The van der Waals surface area contributed by atoms with E-state index in [1.165, 1.54) is 6.07 Å². The van der Waals surface area contributed by atoms with Crippen LogP contribution in [0.3, 0.4) is 0 Å². The van der Waals surface area contributed by atoms with Gasteiger partial charge in [0.05, 0.1) is 15.9 Å². The molecular weight excluding hydrogens is 316 g/mol. The van der Waals surface area contributed by atoms with Gasteiger partial charge in [-0.15, -0.1) is 0 Å². The maximum absolute atomic E-state index is 10.9. The Balaban J connectivity index is 2.19. The van der Waals surface area contributed by atoms with Crippen molar-refractivity contribution < 1.29 is 14.8 Å². The minimum atomic E-state index is -0.881. The molecule has 0 spiro atoms. The lowest BCUT2D eigenvalue weighted by atomic mass is 10.2. The normalized spacial score (nSPS) is 14.6. The van der Waals surface area contributed by atoms with Crippen molar-refractivity contribution in [2.24, 2.45) is 0 Å². The topological polar surface area (TPSA) is 83.7 Å². The van der Waals surface area contributed by atoms with Gasteiger partial charge >= 0.3 is 5.97 Å². The van der Waals surface area contributed by atoms with Crippen molar-refractivity contribution in [3.05, 3.63) is 38.3 Å². The van der Waals surface area contributed by atoms with Gasteiger partial charge in [0, 0.05) is 18.7 Å². The molecule has 0 aliphatic heterocycles. The van der Waals surface area contributed by atoms with Gasteiger partial charge in [0.2, 0.25) is 0 Å². The molecule has 0 heterocycles. The minimum Gasteiger partial charge on any atom is -0.480 e. The first-order chi connectivity index (χ1) is 8.99. The van der Waals surface area contributed by atoms with Crippen LogP contribution in [-0.4, -0.2) is 33.5 Å². The highest BCUT2D eigenvalue weighted by Gasteiger charge is 2.31. The van der Waals surface area contributed by atoms with Crippen molar-refractivity contribution in [2.75, 3.05) is 6.54 Å². The van der Waals surface area contributed by atoms with Crippen molar-refractivity contribution in [3.63, 3.8) is 0 Å². The molecule has 2 rings (SSSR count). The van der Waals surface area contributed by atoms with Crippen LogP contribution < -0.4 is 0 Å². The first kappa shape index (κ1) is 14.0. The number of nitro benzene ring substituents is 1. The number of carboxylic acids is 1. The van der Waals surface area contributed by atoms with Crippen molar-refractivity contribution >= 4 is 27.6 Å². The van der Waals surface area contributed by atoms with Crippen LogP contribution in [0.15, 0.2) is 22.7 Å². The van der Waals surface area contributed by atoms with Gasteiger partial charge in [-0.25, -0.2) is 0 Å². The summed E-state index contributed by atoms with van der Waals surface area (Å²) in [6, 6.07) is 5.09. The van der Waals surface area contributed by atoms with Crippen molar-refractivity contribution in [1.29, 1.82) is 0 Å². The Morgan fingerprint density at radius 2 is 2.21 bits per heavy atom. The molecule has 7 heteroatoms. The van der Waals surface area contributed by atoms with Crippen LogP contribution in [0.2, 0.25) is 0 Å². The van der Waals surface area contributed by atoms with Crippen molar-refractivity contribution in [1.82, 2.24) is 4.90 Å². The molecular formula is C12H13BrN2O4. The van der Waals surface area contributed by atoms with Crippen LogP contribution in [0.4, 0.5) is 5.69 Å². The molecule has 1 aliphatic carbocycles. The summed E-state index contributed by atoms with van der Waals surface area (Å²) in [4.78, 5) is 23.1. The second-order valence-corrected chi connectivity index (χ2v) is 5.33. The Kier molecular flexibility index (Phi) is 4.16. The molecule has 6 nitrogen and oxygen atoms in total. The van der Waals surface area contributed by atoms with Crippen molar-refractivity contribution in [2.45, 2.75) is 25.4 Å². The number of carboxylic acid groups (broad SMARTS) is 1. The van der Waals surface area contributed by atoms with E-state index >= 15 is 0 Å². The SMILES string of the molecule is O=C(O)CN(Cc1cccc([N+](=O)[O-])c1Br)C1CC1. The summed E-state index contributed by atoms with van der Waals surface area (Å²) in [5.41, 5.74) is 0.742. The fraction of sp³-hybridized carbons (Fsp3) is 0.417. The minimum absolute atomic E-state index is 0.00331. The molecule has 0 bridgehead atoms. The second-order valence-electron chi connectivity index (χ2n) is 4.54. The quantitative estimate of drug-likeness (QED) is 0.640. The molecule has 1 fully saturated rings. The third-order valence-electron chi connectivity index (χ3n) is 3.03. The van der Waals surface area contributed by atoms with E-state index in [0.717, 1.165) is 18.4 Å². The third-order valence-corrected chi connectivity index (χ3v) is 3.95. The molecule has 0 saturated heterocycles.